The van der Waals surface area contributed by atoms with Gasteiger partial charge in [0.25, 0.3) is 0 Å². The first-order valence-corrected chi connectivity index (χ1v) is 6.43. The van der Waals surface area contributed by atoms with Crippen molar-refractivity contribution in [3.05, 3.63) is 11.7 Å². The highest BCUT2D eigenvalue weighted by Gasteiger charge is 2.03. The van der Waals surface area contributed by atoms with Gasteiger partial charge in [0.1, 0.15) is 0 Å². The number of nitrogens with zero attached hydrogens (tertiary/aromatic N) is 3. The number of hydrogen-bond donors (Lipinski definition) is 2. The van der Waals surface area contributed by atoms with Crippen LogP contribution < -0.4 is 10.6 Å². The molecule has 0 bridgehead atoms. The lowest BCUT2D eigenvalue weighted by Gasteiger charge is -2.10. The van der Waals surface area contributed by atoms with Gasteiger partial charge in [-0.15, -0.1) is 0 Å². The van der Waals surface area contributed by atoms with Gasteiger partial charge in [-0.2, -0.15) is 4.98 Å². The Kier molecular flexibility index (Phi) is 6.18. The standard InChI is InChI=1S/C12H23N5O/c1-5-13-12(15-8-9(2)3)14-7-6-11-16-10(4)17-18-11/h9H,5-8H2,1-4H3,(H2,13,14,15). The molecule has 102 valence electrons. The van der Waals surface area contributed by atoms with Crippen molar-refractivity contribution in [2.24, 2.45) is 10.9 Å². The van der Waals surface area contributed by atoms with Gasteiger partial charge in [-0.05, 0) is 19.8 Å². The molecule has 0 aliphatic rings. The van der Waals surface area contributed by atoms with Crippen LogP contribution >= 0.6 is 0 Å². The van der Waals surface area contributed by atoms with E-state index in [9.17, 15) is 0 Å². The molecule has 0 spiro atoms. The summed E-state index contributed by atoms with van der Waals surface area (Å²) >= 11 is 0. The van der Waals surface area contributed by atoms with E-state index >= 15 is 0 Å². The Balaban J connectivity index is 2.35. The molecule has 6 heteroatoms. The first kappa shape index (κ1) is 14.5. The number of guanidine groups is 1. The molecule has 1 heterocycles. The highest BCUT2D eigenvalue weighted by Crippen LogP contribution is 1.96. The van der Waals surface area contributed by atoms with Crippen LogP contribution in [0.1, 0.15) is 32.5 Å². The lowest BCUT2D eigenvalue weighted by atomic mass is 10.2. The van der Waals surface area contributed by atoms with E-state index in [2.05, 4.69) is 39.6 Å². The van der Waals surface area contributed by atoms with Gasteiger partial charge >= 0.3 is 0 Å². The summed E-state index contributed by atoms with van der Waals surface area (Å²) in [4.78, 5) is 8.63. The van der Waals surface area contributed by atoms with Crippen LogP contribution in [-0.2, 0) is 6.42 Å². The summed E-state index contributed by atoms with van der Waals surface area (Å²) < 4.78 is 5.04. The first-order chi connectivity index (χ1) is 8.61. The van der Waals surface area contributed by atoms with Crippen molar-refractivity contribution in [3.8, 4) is 0 Å². The molecule has 0 aromatic carbocycles. The second-order valence-corrected chi connectivity index (χ2v) is 4.53. The molecule has 0 unspecified atom stereocenters. The molecule has 1 rings (SSSR count). The maximum atomic E-state index is 5.04. The van der Waals surface area contributed by atoms with E-state index in [0.717, 1.165) is 25.6 Å². The summed E-state index contributed by atoms with van der Waals surface area (Å²) in [5.41, 5.74) is 0. The van der Waals surface area contributed by atoms with Gasteiger partial charge in [0.05, 0.1) is 0 Å². The van der Waals surface area contributed by atoms with E-state index in [0.29, 0.717) is 24.1 Å². The zero-order valence-electron chi connectivity index (χ0n) is 11.7. The third-order valence-electron chi connectivity index (χ3n) is 2.16. The Morgan fingerprint density at radius 1 is 1.39 bits per heavy atom. The Morgan fingerprint density at radius 3 is 2.72 bits per heavy atom. The second-order valence-electron chi connectivity index (χ2n) is 4.53. The Morgan fingerprint density at radius 2 is 2.17 bits per heavy atom. The molecular weight excluding hydrogens is 230 g/mol. The SMILES string of the molecule is CCNC(=NCC(C)C)NCCc1nc(C)no1. The first-order valence-electron chi connectivity index (χ1n) is 6.43. The van der Waals surface area contributed by atoms with Gasteiger partial charge < -0.3 is 15.2 Å². The highest BCUT2D eigenvalue weighted by molar-refractivity contribution is 5.79. The van der Waals surface area contributed by atoms with Gasteiger partial charge in [-0.25, -0.2) is 0 Å². The minimum absolute atomic E-state index is 0.555. The van der Waals surface area contributed by atoms with E-state index in [-0.39, 0.29) is 0 Å². The smallest absolute Gasteiger partial charge is 0.228 e. The third-order valence-corrected chi connectivity index (χ3v) is 2.16. The van der Waals surface area contributed by atoms with Crippen molar-refractivity contribution in [3.63, 3.8) is 0 Å². The van der Waals surface area contributed by atoms with Crippen molar-refractivity contribution in [2.45, 2.75) is 34.1 Å². The predicted octanol–water partition coefficient (Wildman–Crippen LogP) is 1.13. The molecule has 0 amide bonds. The van der Waals surface area contributed by atoms with Crippen molar-refractivity contribution in [1.29, 1.82) is 0 Å². The van der Waals surface area contributed by atoms with Gasteiger partial charge in [0.15, 0.2) is 11.8 Å². The Bertz CT molecular complexity index is 372. The molecule has 0 radical (unpaired) electrons. The van der Waals surface area contributed by atoms with Crippen molar-refractivity contribution in [2.75, 3.05) is 19.6 Å². The molecule has 1 aromatic heterocycles. The maximum Gasteiger partial charge on any atom is 0.228 e. The average molecular weight is 253 g/mol. The van der Waals surface area contributed by atoms with Gasteiger partial charge in [0.2, 0.25) is 5.89 Å². The molecule has 2 N–H and O–H groups in total. The monoisotopic (exact) mass is 253 g/mol. The lowest BCUT2D eigenvalue weighted by molar-refractivity contribution is 0.374. The molecule has 0 fully saturated rings. The van der Waals surface area contributed by atoms with E-state index in [4.69, 9.17) is 4.52 Å². The molecule has 0 aliphatic carbocycles. The lowest BCUT2D eigenvalue weighted by Crippen LogP contribution is -2.38. The molecule has 1 aromatic rings. The highest BCUT2D eigenvalue weighted by atomic mass is 16.5. The van der Waals surface area contributed by atoms with Crippen LogP contribution in [0, 0.1) is 12.8 Å². The van der Waals surface area contributed by atoms with Crippen LogP contribution in [0.25, 0.3) is 0 Å². The average Bonchev–Trinajstić information content (AvgIpc) is 2.72. The van der Waals surface area contributed by atoms with Crippen molar-refractivity contribution in [1.82, 2.24) is 20.8 Å². The summed E-state index contributed by atoms with van der Waals surface area (Å²) in [6, 6.07) is 0. The Hall–Kier alpha value is -1.59. The number of aliphatic imine (C=N–C) groups is 1. The normalized spacial score (nSPS) is 11.9. The van der Waals surface area contributed by atoms with E-state index < -0.39 is 0 Å². The maximum absolute atomic E-state index is 5.04. The van der Waals surface area contributed by atoms with Gasteiger partial charge in [0, 0.05) is 26.1 Å². The minimum atomic E-state index is 0.555. The quantitative estimate of drug-likeness (QED) is 0.587. The fourth-order valence-electron chi connectivity index (χ4n) is 1.35. The van der Waals surface area contributed by atoms with Crippen LogP contribution in [-0.4, -0.2) is 35.7 Å². The molecule has 0 atom stereocenters. The van der Waals surface area contributed by atoms with Gasteiger partial charge in [-0.1, -0.05) is 19.0 Å². The summed E-state index contributed by atoms with van der Waals surface area (Å²) in [6.07, 6.45) is 0.701. The van der Waals surface area contributed by atoms with E-state index in [1.807, 2.05) is 13.8 Å². The third kappa shape index (κ3) is 5.65. The number of rotatable bonds is 6. The Labute approximate surface area is 108 Å². The predicted molar refractivity (Wildman–Crippen MR) is 71.6 cm³/mol. The number of hydrogen-bond acceptors (Lipinski definition) is 4. The van der Waals surface area contributed by atoms with Crippen LogP contribution in [0.15, 0.2) is 9.52 Å². The van der Waals surface area contributed by atoms with Crippen molar-refractivity contribution < 1.29 is 4.52 Å². The second kappa shape index (κ2) is 7.68. The zero-order chi connectivity index (χ0) is 13.4. The van der Waals surface area contributed by atoms with E-state index in [1.165, 1.54) is 0 Å². The summed E-state index contributed by atoms with van der Waals surface area (Å²) in [5, 5.41) is 10.2. The largest absolute Gasteiger partial charge is 0.357 e. The summed E-state index contributed by atoms with van der Waals surface area (Å²) in [5.74, 6) is 2.71. The van der Waals surface area contributed by atoms with Crippen LogP contribution in [0.3, 0.4) is 0 Å². The summed E-state index contributed by atoms with van der Waals surface area (Å²) in [6.45, 7) is 10.6. The minimum Gasteiger partial charge on any atom is -0.357 e. The fraction of sp³-hybridized carbons (Fsp3) is 0.750. The molecule has 0 saturated carbocycles. The molecule has 18 heavy (non-hydrogen) atoms. The molecule has 0 aliphatic heterocycles. The van der Waals surface area contributed by atoms with Crippen LogP contribution in [0.5, 0.6) is 0 Å². The van der Waals surface area contributed by atoms with Crippen molar-refractivity contribution >= 4 is 5.96 Å². The topological polar surface area (TPSA) is 75.3 Å². The summed E-state index contributed by atoms with van der Waals surface area (Å²) in [7, 11) is 0. The van der Waals surface area contributed by atoms with E-state index in [1.54, 1.807) is 0 Å². The van der Waals surface area contributed by atoms with Crippen LogP contribution in [0.4, 0.5) is 0 Å². The van der Waals surface area contributed by atoms with Gasteiger partial charge in [-0.3, -0.25) is 4.99 Å². The number of aromatic nitrogens is 2. The molecule has 6 nitrogen and oxygen atoms in total. The zero-order valence-corrected chi connectivity index (χ0v) is 11.7. The number of nitrogens with one attached hydrogen (secondary N) is 2. The number of aryl methyl sites for hydroxylation is 1. The fourth-order valence-corrected chi connectivity index (χ4v) is 1.35. The van der Waals surface area contributed by atoms with Crippen LogP contribution in [0.2, 0.25) is 0 Å². The molecular formula is C12H23N5O. The molecule has 0 saturated heterocycles.